The van der Waals surface area contributed by atoms with Crippen molar-refractivity contribution in [2.24, 2.45) is 0 Å². The molecule has 0 aliphatic heterocycles. The second-order valence-electron chi connectivity index (χ2n) is 5.37. The third kappa shape index (κ3) is 5.06. The first-order chi connectivity index (χ1) is 8.20. The third-order valence-electron chi connectivity index (χ3n) is 2.38. The Morgan fingerprint density at radius 3 is 2.28 bits per heavy atom. The average molecular weight is 270 g/mol. The lowest BCUT2D eigenvalue weighted by Crippen LogP contribution is -2.38. The number of nitrogens with one attached hydrogen (secondary N) is 2. The molecule has 102 valence electrons. The van der Waals surface area contributed by atoms with Crippen molar-refractivity contribution in [2.45, 2.75) is 31.2 Å². The molecule has 0 unspecified atom stereocenters. The fourth-order valence-corrected chi connectivity index (χ4v) is 2.44. The highest BCUT2D eigenvalue weighted by Gasteiger charge is 2.12. The van der Waals surface area contributed by atoms with Crippen LogP contribution in [0.15, 0.2) is 29.2 Å². The molecule has 18 heavy (non-hydrogen) atoms. The van der Waals surface area contributed by atoms with Crippen LogP contribution in [0.4, 0.5) is 5.69 Å². The van der Waals surface area contributed by atoms with E-state index in [1.54, 1.807) is 18.2 Å². The summed E-state index contributed by atoms with van der Waals surface area (Å²) in [5, 5.41) is 6.49. The van der Waals surface area contributed by atoms with Gasteiger partial charge < -0.3 is 10.6 Å². The molecule has 0 bridgehead atoms. The zero-order chi connectivity index (χ0) is 13.8. The predicted molar refractivity (Wildman–Crippen MR) is 75.8 cm³/mol. The fraction of sp³-hybridized carbons (Fsp3) is 0.538. The quantitative estimate of drug-likeness (QED) is 0.802. The molecule has 5 heteroatoms. The Labute approximate surface area is 110 Å². The molecule has 1 aromatic rings. The van der Waals surface area contributed by atoms with E-state index in [-0.39, 0.29) is 5.54 Å². The minimum Gasteiger partial charge on any atom is -0.383 e. The van der Waals surface area contributed by atoms with Crippen molar-refractivity contribution in [2.75, 3.05) is 24.7 Å². The molecular formula is C13H22N2O2S. The Morgan fingerprint density at radius 2 is 1.72 bits per heavy atom. The van der Waals surface area contributed by atoms with E-state index in [4.69, 9.17) is 0 Å². The van der Waals surface area contributed by atoms with Crippen LogP contribution in [0.1, 0.15) is 20.8 Å². The highest BCUT2D eigenvalue weighted by molar-refractivity contribution is 7.90. The Hall–Kier alpha value is -1.07. The van der Waals surface area contributed by atoms with Crippen LogP contribution in [0, 0.1) is 0 Å². The molecule has 0 aliphatic rings. The largest absolute Gasteiger partial charge is 0.383 e. The van der Waals surface area contributed by atoms with E-state index in [9.17, 15) is 8.42 Å². The summed E-state index contributed by atoms with van der Waals surface area (Å²) in [6.45, 7) is 7.75. The van der Waals surface area contributed by atoms with Gasteiger partial charge in [0.1, 0.15) is 0 Å². The molecule has 0 amide bonds. The number of benzene rings is 1. The van der Waals surface area contributed by atoms with Crippen molar-refractivity contribution < 1.29 is 8.42 Å². The van der Waals surface area contributed by atoms with E-state index in [2.05, 4.69) is 31.4 Å². The Bertz CT molecular complexity index is 490. The molecule has 0 heterocycles. The summed E-state index contributed by atoms with van der Waals surface area (Å²) in [6.07, 6.45) is 1.22. The van der Waals surface area contributed by atoms with E-state index >= 15 is 0 Å². The number of rotatable bonds is 5. The summed E-state index contributed by atoms with van der Waals surface area (Å²) in [4.78, 5) is 0.348. The van der Waals surface area contributed by atoms with Crippen LogP contribution in [0.5, 0.6) is 0 Å². The van der Waals surface area contributed by atoms with Crippen LogP contribution in [0.3, 0.4) is 0 Å². The monoisotopic (exact) mass is 270 g/mol. The van der Waals surface area contributed by atoms with Gasteiger partial charge in [0, 0.05) is 24.9 Å². The molecule has 0 saturated carbocycles. The standard InChI is InChI=1S/C13H22N2O2S/c1-13(2,3)15-10-9-14-11-7-5-6-8-12(11)18(4,16)17/h5-8,14-15H,9-10H2,1-4H3. The fourth-order valence-electron chi connectivity index (χ4n) is 1.57. The van der Waals surface area contributed by atoms with Crippen LogP contribution in [-0.2, 0) is 9.84 Å². The van der Waals surface area contributed by atoms with Crippen molar-refractivity contribution in [3.8, 4) is 0 Å². The lowest BCUT2D eigenvalue weighted by Gasteiger charge is -2.21. The molecule has 2 N–H and O–H groups in total. The van der Waals surface area contributed by atoms with Crippen molar-refractivity contribution in [1.29, 1.82) is 0 Å². The van der Waals surface area contributed by atoms with Gasteiger partial charge in [-0.1, -0.05) is 12.1 Å². The number of hydrogen-bond donors (Lipinski definition) is 2. The van der Waals surface area contributed by atoms with Gasteiger partial charge >= 0.3 is 0 Å². The van der Waals surface area contributed by atoms with Gasteiger partial charge in [-0.05, 0) is 32.9 Å². The number of sulfone groups is 1. The minimum atomic E-state index is -3.18. The molecule has 4 nitrogen and oxygen atoms in total. The molecule has 0 spiro atoms. The first-order valence-electron chi connectivity index (χ1n) is 5.98. The van der Waals surface area contributed by atoms with Gasteiger partial charge in [-0.3, -0.25) is 0 Å². The van der Waals surface area contributed by atoms with Crippen LogP contribution in [0.25, 0.3) is 0 Å². The summed E-state index contributed by atoms with van der Waals surface area (Å²) in [6, 6.07) is 6.96. The minimum absolute atomic E-state index is 0.0675. The maximum absolute atomic E-state index is 11.6. The number of hydrogen-bond acceptors (Lipinski definition) is 4. The topological polar surface area (TPSA) is 58.2 Å². The molecule has 0 aliphatic carbocycles. The van der Waals surface area contributed by atoms with Gasteiger partial charge in [-0.25, -0.2) is 8.42 Å². The van der Waals surface area contributed by atoms with Gasteiger partial charge in [0.2, 0.25) is 0 Å². The molecule has 1 rings (SSSR count). The third-order valence-corrected chi connectivity index (χ3v) is 3.54. The molecule has 0 fully saturated rings. The molecule has 0 saturated heterocycles. The average Bonchev–Trinajstić information content (AvgIpc) is 2.22. The second-order valence-corrected chi connectivity index (χ2v) is 7.36. The molecular weight excluding hydrogens is 248 g/mol. The van der Waals surface area contributed by atoms with E-state index < -0.39 is 9.84 Å². The lowest BCUT2D eigenvalue weighted by atomic mass is 10.1. The van der Waals surface area contributed by atoms with E-state index in [0.29, 0.717) is 17.1 Å². The van der Waals surface area contributed by atoms with Crippen molar-refractivity contribution in [1.82, 2.24) is 5.32 Å². The molecule has 1 aromatic carbocycles. The van der Waals surface area contributed by atoms with Crippen LogP contribution < -0.4 is 10.6 Å². The van der Waals surface area contributed by atoms with Crippen LogP contribution >= 0.6 is 0 Å². The first kappa shape index (κ1) is 15.0. The summed E-state index contributed by atoms with van der Waals surface area (Å²) in [5.41, 5.74) is 0.730. The molecule has 0 aromatic heterocycles. The second kappa shape index (κ2) is 5.71. The Morgan fingerprint density at radius 1 is 1.11 bits per heavy atom. The lowest BCUT2D eigenvalue weighted by molar-refractivity contribution is 0.435. The Balaban J connectivity index is 2.64. The van der Waals surface area contributed by atoms with Gasteiger partial charge in [0.25, 0.3) is 0 Å². The van der Waals surface area contributed by atoms with Gasteiger partial charge in [0.05, 0.1) is 10.6 Å². The van der Waals surface area contributed by atoms with E-state index in [1.807, 2.05) is 6.07 Å². The summed E-state index contributed by atoms with van der Waals surface area (Å²) in [5.74, 6) is 0. The predicted octanol–water partition coefficient (Wildman–Crippen LogP) is 1.89. The maximum Gasteiger partial charge on any atom is 0.177 e. The van der Waals surface area contributed by atoms with Gasteiger partial charge in [-0.2, -0.15) is 0 Å². The highest BCUT2D eigenvalue weighted by atomic mass is 32.2. The highest BCUT2D eigenvalue weighted by Crippen LogP contribution is 2.19. The normalized spacial score (nSPS) is 12.4. The van der Waals surface area contributed by atoms with Crippen LogP contribution in [0.2, 0.25) is 0 Å². The van der Waals surface area contributed by atoms with E-state index in [1.165, 1.54) is 6.26 Å². The zero-order valence-corrected chi connectivity index (χ0v) is 12.3. The van der Waals surface area contributed by atoms with E-state index in [0.717, 1.165) is 6.54 Å². The van der Waals surface area contributed by atoms with Crippen molar-refractivity contribution in [3.63, 3.8) is 0 Å². The SMILES string of the molecule is CC(C)(C)NCCNc1ccccc1S(C)(=O)=O. The van der Waals surface area contributed by atoms with Gasteiger partial charge in [0.15, 0.2) is 9.84 Å². The van der Waals surface area contributed by atoms with Gasteiger partial charge in [-0.15, -0.1) is 0 Å². The van der Waals surface area contributed by atoms with Crippen molar-refractivity contribution in [3.05, 3.63) is 24.3 Å². The summed E-state index contributed by atoms with van der Waals surface area (Å²) < 4.78 is 23.2. The maximum atomic E-state index is 11.6. The molecule has 0 atom stereocenters. The Kier molecular flexibility index (Phi) is 4.76. The number of para-hydroxylation sites is 1. The van der Waals surface area contributed by atoms with Crippen LogP contribution in [-0.4, -0.2) is 33.3 Å². The smallest absolute Gasteiger partial charge is 0.177 e. The summed E-state index contributed by atoms with van der Waals surface area (Å²) in [7, 11) is -3.18. The molecule has 0 radical (unpaired) electrons. The summed E-state index contributed by atoms with van der Waals surface area (Å²) >= 11 is 0. The first-order valence-corrected chi connectivity index (χ1v) is 7.87. The van der Waals surface area contributed by atoms with Crippen molar-refractivity contribution >= 4 is 15.5 Å². The zero-order valence-electron chi connectivity index (χ0n) is 11.4. The number of anilines is 1.